The number of likely N-dealkylation sites (N-methyl/N-ethyl adjacent to an activating group) is 1. The van der Waals surface area contributed by atoms with Gasteiger partial charge in [-0.2, -0.15) is 0 Å². The maximum atomic E-state index is 11.2. The van der Waals surface area contributed by atoms with Gasteiger partial charge in [-0.05, 0) is 31.7 Å². The number of thioether (sulfide) groups is 2. The third-order valence-corrected chi connectivity index (χ3v) is 6.59. The van der Waals surface area contributed by atoms with Gasteiger partial charge in [0, 0.05) is 17.1 Å². The number of hydrogen-bond donors (Lipinski definition) is 2. The molecule has 0 aliphatic carbocycles. The summed E-state index contributed by atoms with van der Waals surface area (Å²) in [6, 6.07) is 5.21. The highest BCUT2D eigenvalue weighted by Crippen LogP contribution is 2.37. The molecule has 2 heterocycles. The Hall–Kier alpha value is -1.18. The Labute approximate surface area is 137 Å². The van der Waals surface area contributed by atoms with Crippen LogP contribution in [0, 0.1) is 6.92 Å². The average molecular weight is 338 g/mol. The van der Waals surface area contributed by atoms with Crippen LogP contribution in [0.3, 0.4) is 0 Å². The number of phenols is 1. The van der Waals surface area contributed by atoms with Gasteiger partial charge in [0.2, 0.25) is 0 Å². The molecule has 0 aromatic heterocycles. The van der Waals surface area contributed by atoms with Crippen LogP contribution in [0.5, 0.6) is 5.75 Å². The van der Waals surface area contributed by atoms with E-state index in [0.29, 0.717) is 5.75 Å². The molecule has 0 amide bonds. The first-order chi connectivity index (χ1) is 10.5. The van der Waals surface area contributed by atoms with Crippen LogP contribution in [0.4, 0.5) is 0 Å². The fourth-order valence-electron chi connectivity index (χ4n) is 2.74. The predicted octanol–water partition coefficient (Wildman–Crippen LogP) is 2.02. The van der Waals surface area contributed by atoms with Crippen molar-refractivity contribution in [1.82, 2.24) is 4.90 Å². The number of hydrogen-bond acceptors (Lipinski definition) is 6. The zero-order valence-corrected chi connectivity index (χ0v) is 14.0. The van der Waals surface area contributed by atoms with Gasteiger partial charge < -0.3 is 10.2 Å². The molecule has 0 radical (unpaired) electrons. The van der Waals surface area contributed by atoms with E-state index in [-0.39, 0.29) is 17.2 Å². The summed E-state index contributed by atoms with van der Waals surface area (Å²) in [5.74, 6) is 0.890. The smallest absolute Gasteiger partial charge is 0.321 e. The number of nitrogens with zero attached hydrogens (tertiary/aromatic N) is 2. The molecule has 1 aromatic rings. The summed E-state index contributed by atoms with van der Waals surface area (Å²) in [4.78, 5) is 17.8. The van der Waals surface area contributed by atoms with E-state index in [4.69, 9.17) is 4.99 Å². The molecule has 0 spiro atoms. The van der Waals surface area contributed by atoms with E-state index in [1.54, 1.807) is 29.6 Å². The number of aryl methyl sites for hydroxylation is 1. The fourth-order valence-corrected chi connectivity index (χ4v) is 5.50. The lowest BCUT2D eigenvalue weighted by Crippen LogP contribution is -2.42. The van der Waals surface area contributed by atoms with Crippen LogP contribution in [-0.2, 0) is 4.79 Å². The minimum atomic E-state index is -0.775. The Morgan fingerprint density at radius 2 is 2.18 bits per heavy atom. The van der Waals surface area contributed by atoms with E-state index in [1.165, 1.54) is 0 Å². The Kier molecular flexibility index (Phi) is 4.38. The maximum Gasteiger partial charge on any atom is 0.321 e. The highest BCUT2D eigenvalue weighted by molar-refractivity contribution is 8.14. The quantitative estimate of drug-likeness (QED) is 0.878. The van der Waals surface area contributed by atoms with Gasteiger partial charge in [0.05, 0.1) is 11.4 Å². The lowest BCUT2D eigenvalue weighted by atomic mass is 10.1. The fraction of sp³-hybridized carbons (Fsp3) is 0.467. The number of carbonyl (C=O) groups is 1. The van der Waals surface area contributed by atoms with Gasteiger partial charge in [0.25, 0.3) is 0 Å². The number of carboxylic acids is 1. The lowest BCUT2D eigenvalue weighted by Gasteiger charge is -2.24. The van der Waals surface area contributed by atoms with Gasteiger partial charge in [-0.15, -0.1) is 23.5 Å². The SMILES string of the molecule is Cc1ccc(C2=NC([C@H]3SC[C@H](C(=O)O)N3C)CS2)c(O)c1. The van der Waals surface area contributed by atoms with Gasteiger partial charge >= 0.3 is 5.97 Å². The largest absolute Gasteiger partial charge is 0.507 e. The summed E-state index contributed by atoms with van der Waals surface area (Å²) in [6.45, 7) is 1.94. The van der Waals surface area contributed by atoms with Crippen LogP contribution < -0.4 is 0 Å². The van der Waals surface area contributed by atoms with Crippen molar-refractivity contribution in [3.63, 3.8) is 0 Å². The van der Waals surface area contributed by atoms with Crippen LogP contribution in [-0.4, -0.2) is 62.1 Å². The van der Waals surface area contributed by atoms with Crippen molar-refractivity contribution in [2.45, 2.75) is 24.4 Å². The number of aliphatic carboxylic acids is 1. The normalized spacial score (nSPS) is 28.8. The first-order valence-electron chi connectivity index (χ1n) is 7.04. The van der Waals surface area contributed by atoms with Gasteiger partial charge in [-0.1, -0.05) is 6.07 Å². The van der Waals surface area contributed by atoms with Crippen LogP contribution in [0.25, 0.3) is 0 Å². The molecule has 22 heavy (non-hydrogen) atoms. The molecular formula is C15H18N2O3S2. The summed E-state index contributed by atoms with van der Waals surface area (Å²) >= 11 is 3.27. The number of benzene rings is 1. The second-order valence-corrected chi connectivity index (χ2v) is 7.73. The molecular weight excluding hydrogens is 320 g/mol. The van der Waals surface area contributed by atoms with Crippen molar-refractivity contribution in [2.24, 2.45) is 4.99 Å². The molecule has 7 heteroatoms. The minimum absolute atomic E-state index is 0.0556. The van der Waals surface area contributed by atoms with Gasteiger partial charge in [0.15, 0.2) is 0 Å². The summed E-state index contributed by atoms with van der Waals surface area (Å²) in [5.41, 5.74) is 1.77. The van der Waals surface area contributed by atoms with Crippen molar-refractivity contribution in [3.05, 3.63) is 29.3 Å². The summed E-state index contributed by atoms with van der Waals surface area (Å²) in [7, 11) is 1.85. The van der Waals surface area contributed by atoms with Gasteiger partial charge in [0.1, 0.15) is 16.8 Å². The van der Waals surface area contributed by atoms with Crippen molar-refractivity contribution in [2.75, 3.05) is 18.6 Å². The van der Waals surface area contributed by atoms with Crippen LogP contribution >= 0.6 is 23.5 Å². The van der Waals surface area contributed by atoms with Crippen LogP contribution in [0.1, 0.15) is 11.1 Å². The molecule has 0 saturated carbocycles. The Bertz CT molecular complexity index is 635. The Balaban J connectivity index is 1.79. The van der Waals surface area contributed by atoms with Crippen LogP contribution in [0.15, 0.2) is 23.2 Å². The second kappa shape index (κ2) is 6.14. The third-order valence-electron chi connectivity index (χ3n) is 3.99. The topological polar surface area (TPSA) is 73.1 Å². The molecule has 1 unspecified atom stereocenters. The number of phenolic OH excluding ortho intramolecular Hbond substituents is 1. The van der Waals surface area contributed by atoms with Crippen LogP contribution in [0.2, 0.25) is 0 Å². The van der Waals surface area contributed by atoms with Crippen molar-refractivity contribution in [3.8, 4) is 5.75 Å². The van der Waals surface area contributed by atoms with E-state index in [9.17, 15) is 15.0 Å². The van der Waals surface area contributed by atoms with E-state index in [0.717, 1.165) is 21.9 Å². The molecule has 118 valence electrons. The van der Waals surface area contributed by atoms with E-state index < -0.39 is 12.0 Å². The molecule has 1 aromatic carbocycles. The standard InChI is InChI=1S/C15H18N2O3S2/c1-8-3-4-9(12(18)5-8)13-16-10(6-21-13)14-17(2)11(7-22-14)15(19)20/h3-5,10-11,14,18H,6-7H2,1-2H3,(H,19,20)/t10?,11-,14-/m1/s1. The lowest BCUT2D eigenvalue weighted by molar-refractivity contribution is -0.141. The molecule has 1 fully saturated rings. The molecule has 2 N–H and O–H groups in total. The van der Waals surface area contributed by atoms with E-state index in [2.05, 4.69) is 0 Å². The Morgan fingerprint density at radius 3 is 2.82 bits per heavy atom. The highest BCUT2D eigenvalue weighted by Gasteiger charge is 2.41. The molecule has 1 saturated heterocycles. The van der Waals surface area contributed by atoms with Crippen molar-refractivity contribution in [1.29, 1.82) is 0 Å². The van der Waals surface area contributed by atoms with Gasteiger partial charge in [-0.3, -0.25) is 14.7 Å². The molecule has 0 bridgehead atoms. The first-order valence-corrected chi connectivity index (χ1v) is 9.07. The molecule has 2 aliphatic rings. The monoisotopic (exact) mass is 338 g/mol. The summed E-state index contributed by atoms with van der Waals surface area (Å²) in [6.07, 6.45) is 0. The summed E-state index contributed by atoms with van der Waals surface area (Å²) in [5, 5.41) is 20.2. The maximum absolute atomic E-state index is 11.2. The Morgan fingerprint density at radius 1 is 1.41 bits per heavy atom. The highest BCUT2D eigenvalue weighted by atomic mass is 32.2. The zero-order chi connectivity index (χ0) is 15.9. The average Bonchev–Trinajstić information content (AvgIpc) is 3.05. The van der Waals surface area contributed by atoms with Crippen molar-refractivity contribution < 1.29 is 15.0 Å². The minimum Gasteiger partial charge on any atom is -0.507 e. The van der Waals surface area contributed by atoms with Gasteiger partial charge in [-0.25, -0.2) is 0 Å². The number of aromatic hydroxyl groups is 1. The second-order valence-electron chi connectivity index (χ2n) is 5.58. The molecule has 2 aliphatic heterocycles. The third kappa shape index (κ3) is 2.85. The number of aliphatic imine (C=N–C) groups is 1. The van der Waals surface area contributed by atoms with E-state index in [1.807, 2.05) is 31.0 Å². The molecule has 3 atom stereocenters. The molecule has 3 rings (SSSR count). The first kappa shape index (κ1) is 15.7. The molecule has 5 nitrogen and oxygen atoms in total. The zero-order valence-electron chi connectivity index (χ0n) is 12.4. The predicted molar refractivity (Wildman–Crippen MR) is 91.1 cm³/mol. The van der Waals surface area contributed by atoms with Crippen molar-refractivity contribution >= 4 is 34.5 Å². The summed E-state index contributed by atoms with van der Waals surface area (Å²) < 4.78 is 0. The number of rotatable bonds is 3. The number of carboxylic acid groups (broad SMARTS) is 1. The van der Waals surface area contributed by atoms with E-state index >= 15 is 0 Å².